The number of rotatable bonds is 9. The van der Waals surface area contributed by atoms with Gasteiger partial charge in [-0.25, -0.2) is 8.42 Å². The molecule has 32 heavy (non-hydrogen) atoms. The summed E-state index contributed by atoms with van der Waals surface area (Å²) in [6.45, 7) is 6.40. The second kappa shape index (κ2) is 9.26. The summed E-state index contributed by atoms with van der Waals surface area (Å²) in [6, 6.07) is 15.0. The Morgan fingerprint density at radius 2 is 1.81 bits per heavy atom. The number of aromatic nitrogens is 1. The molecule has 0 spiro atoms. The van der Waals surface area contributed by atoms with Gasteiger partial charge in [0.05, 0.1) is 17.8 Å². The Balaban J connectivity index is 1.53. The van der Waals surface area contributed by atoms with E-state index in [4.69, 9.17) is 14.2 Å². The van der Waals surface area contributed by atoms with Crippen LogP contribution in [0.3, 0.4) is 0 Å². The van der Waals surface area contributed by atoms with Gasteiger partial charge in [0.15, 0.2) is 21.3 Å². The highest BCUT2D eigenvalue weighted by Gasteiger charge is 2.18. The zero-order valence-corrected chi connectivity index (χ0v) is 19.4. The highest BCUT2D eigenvalue weighted by molar-refractivity contribution is 7.91. The number of aromatic amines is 1. The van der Waals surface area contributed by atoms with E-state index in [0.717, 1.165) is 53.6 Å². The van der Waals surface area contributed by atoms with Crippen LogP contribution in [0.4, 0.5) is 0 Å². The van der Waals surface area contributed by atoms with Crippen LogP contribution < -0.4 is 14.2 Å². The number of H-pyrrole nitrogens is 1. The summed E-state index contributed by atoms with van der Waals surface area (Å²) < 4.78 is 41.0. The number of ether oxygens (including phenoxy) is 3. The van der Waals surface area contributed by atoms with Crippen molar-refractivity contribution in [2.24, 2.45) is 0 Å². The minimum absolute atomic E-state index is 0.0556. The van der Waals surface area contributed by atoms with E-state index < -0.39 is 9.84 Å². The van der Waals surface area contributed by atoms with E-state index in [1.165, 1.54) is 0 Å². The molecule has 1 aliphatic heterocycles. The van der Waals surface area contributed by atoms with Crippen LogP contribution in [0, 0.1) is 0 Å². The number of hydrogen-bond acceptors (Lipinski definition) is 6. The van der Waals surface area contributed by atoms with E-state index in [2.05, 4.69) is 22.9 Å². The van der Waals surface area contributed by atoms with Crippen molar-refractivity contribution in [2.45, 2.75) is 31.8 Å². The summed E-state index contributed by atoms with van der Waals surface area (Å²) in [6.07, 6.45) is 0. The number of methoxy groups -OCH3 is 1. The second-order valence-electron chi connectivity index (χ2n) is 7.65. The van der Waals surface area contributed by atoms with Crippen LogP contribution in [0.5, 0.6) is 17.2 Å². The van der Waals surface area contributed by atoms with Crippen LogP contribution in [0.2, 0.25) is 0 Å². The first-order valence-corrected chi connectivity index (χ1v) is 12.3. The van der Waals surface area contributed by atoms with Crippen molar-refractivity contribution in [1.29, 1.82) is 0 Å². The molecule has 8 heteroatoms. The van der Waals surface area contributed by atoms with Gasteiger partial charge in [-0.3, -0.25) is 4.90 Å². The standard InChI is InChI=1S/C24H28N2O5S/c1-4-26(14-17-6-10-23-24(12-17)31-16-30-23)15-18-7-9-21(25-18)20-13-19(32(27,28)5-2)8-11-22(20)29-3/h6-13,25H,4-5,14-16H2,1-3H3. The van der Waals surface area contributed by atoms with E-state index >= 15 is 0 Å². The highest BCUT2D eigenvalue weighted by atomic mass is 32.2. The number of nitrogens with one attached hydrogen (secondary N) is 1. The van der Waals surface area contributed by atoms with E-state index in [1.807, 2.05) is 24.3 Å². The zero-order valence-electron chi connectivity index (χ0n) is 18.6. The summed E-state index contributed by atoms with van der Waals surface area (Å²) in [5.41, 5.74) is 3.74. The van der Waals surface area contributed by atoms with Crippen molar-refractivity contribution in [3.63, 3.8) is 0 Å². The summed E-state index contributed by atoms with van der Waals surface area (Å²) in [5.74, 6) is 2.25. The Bertz CT molecular complexity index is 1200. The maximum atomic E-state index is 12.3. The van der Waals surface area contributed by atoms with Gasteiger partial charge in [-0.05, 0) is 54.6 Å². The Labute approximate surface area is 188 Å². The average molecular weight is 457 g/mol. The molecule has 0 unspecified atom stereocenters. The van der Waals surface area contributed by atoms with Gasteiger partial charge in [0.25, 0.3) is 0 Å². The van der Waals surface area contributed by atoms with Crippen LogP contribution >= 0.6 is 0 Å². The lowest BCUT2D eigenvalue weighted by molar-refractivity contribution is 0.174. The number of nitrogens with zero attached hydrogens (tertiary/aromatic N) is 1. The van der Waals surface area contributed by atoms with Gasteiger partial charge in [0.1, 0.15) is 5.75 Å². The second-order valence-corrected chi connectivity index (χ2v) is 9.93. The first-order chi connectivity index (χ1) is 15.4. The monoisotopic (exact) mass is 456 g/mol. The molecule has 1 aromatic heterocycles. The lowest BCUT2D eigenvalue weighted by Crippen LogP contribution is -2.22. The molecule has 2 aromatic carbocycles. The van der Waals surface area contributed by atoms with Gasteiger partial charge in [0.2, 0.25) is 6.79 Å². The summed E-state index contributed by atoms with van der Waals surface area (Å²) in [7, 11) is -1.72. The average Bonchev–Trinajstić information content (AvgIpc) is 3.47. The Hall–Kier alpha value is -2.97. The van der Waals surface area contributed by atoms with Gasteiger partial charge in [-0.15, -0.1) is 0 Å². The molecule has 0 saturated carbocycles. The van der Waals surface area contributed by atoms with Gasteiger partial charge < -0.3 is 19.2 Å². The molecule has 0 bridgehead atoms. The van der Waals surface area contributed by atoms with E-state index in [-0.39, 0.29) is 12.5 Å². The van der Waals surface area contributed by atoms with Gasteiger partial charge in [-0.2, -0.15) is 0 Å². The molecule has 0 atom stereocenters. The van der Waals surface area contributed by atoms with Crippen LogP contribution in [-0.4, -0.2) is 44.5 Å². The summed E-state index contributed by atoms with van der Waals surface area (Å²) in [5, 5.41) is 0. The van der Waals surface area contributed by atoms with E-state index in [0.29, 0.717) is 10.6 Å². The molecule has 0 radical (unpaired) electrons. The van der Waals surface area contributed by atoms with Crippen molar-refractivity contribution in [2.75, 3.05) is 26.2 Å². The highest BCUT2D eigenvalue weighted by Crippen LogP contribution is 2.34. The molecule has 7 nitrogen and oxygen atoms in total. The molecule has 0 fully saturated rings. The minimum atomic E-state index is -3.31. The predicted molar refractivity (Wildman–Crippen MR) is 123 cm³/mol. The largest absolute Gasteiger partial charge is 0.496 e. The zero-order chi connectivity index (χ0) is 22.7. The van der Waals surface area contributed by atoms with Crippen molar-refractivity contribution in [3.8, 4) is 28.5 Å². The van der Waals surface area contributed by atoms with Crippen LogP contribution in [0.25, 0.3) is 11.3 Å². The van der Waals surface area contributed by atoms with Crippen LogP contribution in [0.15, 0.2) is 53.4 Å². The first kappa shape index (κ1) is 22.2. The number of sulfone groups is 1. The van der Waals surface area contributed by atoms with Crippen molar-refractivity contribution >= 4 is 9.84 Å². The Morgan fingerprint density at radius 1 is 1.00 bits per heavy atom. The Morgan fingerprint density at radius 3 is 2.56 bits per heavy atom. The lowest BCUT2D eigenvalue weighted by Gasteiger charge is -2.20. The minimum Gasteiger partial charge on any atom is -0.496 e. The van der Waals surface area contributed by atoms with Gasteiger partial charge >= 0.3 is 0 Å². The topological polar surface area (TPSA) is 80.9 Å². The summed E-state index contributed by atoms with van der Waals surface area (Å²) in [4.78, 5) is 6.04. The molecule has 1 aliphatic rings. The maximum Gasteiger partial charge on any atom is 0.231 e. The van der Waals surface area contributed by atoms with E-state index in [9.17, 15) is 8.42 Å². The first-order valence-electron chi connectivity index (χ1n) is 10.6. The third-order valence-electron chi connectivity index (χ3n) is 5.63. The molecular formula is C24H28N2O5S. The molecule has 3 aromatic rings. The predicted octanol–water partition coefficient (Wildman–Crippen LogP) is 4.23. The van der Waals surface area contributed by atoms with Gasteiger partial charge in [-0.1, -0.05) is 19.9 Å². The third kappa shape index (κ3) is 4.61. The van der Waals surface area contributed by atoms with Crippen molar-refractivity contribution in [1.82, 2.24) is 9.88 Å². The lowest BCUT2D eigenvalue weighted by atomic mass is 10.1. The molecule has 0 saturated heterocycles. The fourth-order valence-corrected chi connectivity index (χ4v) is 4.67. The molecule has 4 rings (SSSR count). The summed E-state index contributed by atoms with van der Waals surface area (Å²) >= 11 is 0. The number of hydrogen-bond donors (Lipinski definition) is 1. The van der Waals surface area contributed by atoms with Crippen molar-refractivity contribution < 1.29 is 22.6 Å². The Kier molecular flexibility index (Phi) is 6.43. The smallest absolute Gasteiger partial charge is 0.231 e. The van der Waals surface area contributed by atoms with Crippen LogP contribution in [-0.2, 0) is 22.9 Å². The van der Waals surface area contributed by atoms with E-state index in [1.54, 1.807) is 32.2 Å². The molecule has 170 valence electrons. The maximum absolute atomic E-state index is 12.3. The molecular weight excluding hydrogens is 428 g/mol. The fourth-order valence-electron chi connectivity index (χ4n) is 3.77. The normalized spacial score (nSPS) is 13.0. The fraction of sp³-hybridized carbons (Fsp3) is 0.333. The molecule has 0 aliphatic carbocycles. The van der Waals surface area contributed by atoms with Crippen LogP contribution in [0.1, 0.15) is 25.1 Å². The quantitative estimate of drug-likeness (QED) is 0.519. The molecule has 1 N–H and O–H groups in total. The van der Waals surface area contributed by atoms with Gasteiger partial charge in [0, 0.05) is 30.0 Å². The SMILES string of the molecule is CCN(Cc1ccc2c(c1)OCO2)Cc1ccc(-c2cc(S(=O)(=O)CC)ccc2OC)[nH]1. The molecule has 2 heterocycles. The third-order valence-corrected chi connectivity index (χ3v) is 7.36. The number of fused-ring (bicyclic) bond motifs is 1. The number of benzene rings is 2. The molecule has 0 amide bonds. The van der Waals surface area contributed by atoms with Crippen molar-refractivity contribution in [3.05, 3.63) is 59.8 Å².